The SMILES string of the molecule is O=C[Si](CCC(=O)N1CCOC(c2ccccc2)C1)NC(=O)[C@H](CC1CCCCC1)SNC(=O)OCc1cccc(Cl)c1. The van der Waals surface area contributed by atoms with Gasteiger partial charge in [0.15, 0.2) is 0 Å². The zero-order valence-electron chi connectivity index (χ0n) is 24.2. The molecule has 0 bridgehead atoms. The molecule has 2 aliphatic rings. The third kappa shape index (κ3) is 11.0. The van der Waals surface area contributed by atoms with Crippen LogP contribution in [0.5, 0.6) is 0 Å². The van der Waals surface area contributed by atoms with Crippen LogP contribution in [-0.4, -0.2) is 62.6 Å². The monoisotopic (exact) mass is 644 g/mol. The Morgan fingerprint density at radius 1 is 1.12 bits per heavy atom. The first-order chi connectivity index (χ1) is 20.9. The predicted molar refractivity (Wildman–Crippen MR) is 169 cm³/mol. The summed E-state index contributed by atoms with van der Waals surface area (Å²) in [6, 6.07) is 17.1. The van der Waals surface area contributed by atoms with E-state index < -0.39 is 20.3 Å². The van der Waals surface area contributed by atoms with Gasteiger partial charge in [-0.3, -0.25) is 14.3 Å². The fourth-order valence-electron chi connectivity index (χ4n) is 5.39. The number of rotatable bonds is 13. The highest BCUT2D eigenvalue weighted by atomic mass is 35.5. The van der Waals surface area contributed by atoms with Crippen molar-refractivity contribution in [3.05, 3.63) is 70.7 Å². The number of carbonyl (C=O) groups is 4. The van der Waals surface area contributed by atoms with Crippen LogP contribution in [0, 0.1) is 5.92 Å². The van der Waals surface area contributed by atoms with Crippen LogP contribution in [0.25, 0.3) is 0 Å². The van der Waals surface area contributed by atoms with E-state index in [1.807, 2.05) is 30.3 Å². The van der Waals surface area contributed by atoms with Crippen LogP contribution >= 0.6 is 23.5 Å². The number of hydrogen-bond acceptors (Lipinski definition) is 7. The van der Waals surface area contributed by atoms with E-state index in [0.717, 1.165) is 54.7 Å². The van der Waals surface area contributed by atoms with Crippen molar-refractivity contribution in [1.29, 1.82) is 0 Å². The average Bonchev–Trinajstić information content (AvgIpc) is 3.04. The highest BCUT2D eigenvalue weighted by Crippen LogP contribution is 2.30. The summed E-state index contributed by atoms with van der Waals surface area (Å²) in [6.07, 6.45) is 5.43. The minimum Gasteiger partial charge on any atom is -0.444 e. The Hall–Kier alpha value is -2.86. The molecule has 2 aromatic carbocycles. The molecule has 1 saturated heterocycles. The van der Waals surface area contributed by atoms with Gasteiger partial charge in [-0.15, -0.1) is 0 Å². The van der Waals surface area contributed by atoms with Crippen molar-refractivity contribution in [2.75, 3.05) is 19.7 Å². The van der Waals surface area contributed by atoms with Gasteiger partial charge >= 0.3 is 6.09 Å². The fourth-order valence-corrected chi connectivity index (χ4v) is 7.82. The number of nitrogens with zero attached hydrogens (tertiary/aromatic N) is 1. The Kier molecular flexibility index (Phi) is 13.4. The first kappa shape index (κ1) is 33.0. The highest BCUT2D eigenvalue weighted by molar-refractivity contribution is 7.99. The lowest BCUT2D eigenvalue weighted by Gasteiger charge is -2.33. The molecule has 1 saturated carbocycles. The maximum absolute atomic E-state index is 13.4. The van der Waals surface area contributed by atoms with E-state index in [1.165, 1.54) is 6.42 Å². The van der Waals surface area contributed by atoms with E-state index in [9.17, 15) is 19.2 Å². The molecule has 2 N–H and O–H groups in total. The molecule has 1 aliphatic heterocycles. The summed E-state index contributed by atoms with van der Waals surface area (Å²) in [5.41, 5.74) is 1.78. The summed E-state index contributed by atoms with van der Waals surface area (Å²) in [4.78, 5) is 55.5. The molecule has 1 aliphatic carbocycles. The molecule has 2 fully saturated rings. The van der Waals surface area contributed by atoms with Gasteiger partial charge in [0.2, 0.25) is 20.8 Å². The van der Waals surface area contributed by atoms with E-state index in [1.54, 1.807) is 29.2 Å². The average molecular weight is 645 g/mol. The standard InChI is InChI=1S/C31H39ClN3O6SSi/c32-26-13-7-10-24(18-26)21-41-31(39)33-42-28(19-23-8-3-1-4-9-23)30(38)34-43(22-36)17-14-29(37)35-15-16-40-27(20-35)25-11-5-2-6-12-25/h2,5-7,10-13,18,22-23,27-28H,1,3-4,8-9,14-17,19-21H2,(H,33,39)(H,34,38)/t27?,28-/m0/s1. The van der Waals surface area contributed by atoms with E-state index in [0.29, 0.717) is 43.1 Å². The van der Waals surface area contributed by atoms with Crippen molar-refractivity contribution >= 4 is 56.3 Å². The zero-order valence-corrected chi connectivity index (χ0v) is 26.7. The molecule has 3 amide bonds. The summed E-state index contributed by atoms with van der Waals surface area (Å²) in [5.74, 6) is 0.792. The molecule has 2 atom stereocenters. The van der Waals surface area contributed by atoms with Crippen LogP contribution in [-0.2, 0) is 30.5 Å². The molecular weight excluding hydrogens is 606 g/mol. The number of carbonyl (C=O) groups excluding carboxylic acids is 4. The van der Waals surface area contributed by atoms with Gasteiger partial charge in [0.25, 0.3) is 0 Å². The lowest BCUT2D eigenvalue weighted by atomic mass is 9.86. The summed E-state index contributed by atoms with van der Waals surface area (Å²) in [6.45, 7) is 1.45. The number of ether oxygens (including phenoxy) is 2. The van der Waals surface area contributed by atoms with Gasteiger partial charge in [-0.25, -0.2) is 4.79 Å². The van der Waals surface area contributed by atoms with Gasteiger partial charge in [-0.1, -0.05) is 86.2 Å². The molecule has 1 unspecified atom stereocenters. The maximum Gasteiger partial charge on any atom is 0.417 e. The minimum absolute atomic E-state index is 0.0496. The fraction of sp³-hybridized carbons (Fsp3) is 0.484. The molecule has 1 heterocycles. The molecule has 231 valence electrons. The topological polar surface area (TPSA) is 114 Å². The largest absolute Gasteiger partial charge is 0.444 e. The second-order valence-corrected chi connectivity index (χ2v) is 14.4. The van der Waals surface area contributed by atoms with Crippen LogP contribution in [0.3, 0.4) is 0 Å². The Labute approximate surface area is 264 Å². The van der Waals surface area contributed by atoms with Crippen molar-refractivity contribution in [2.24, 2.45) is 5.92 Å². The van der Waals surface area contributed by atoms with Crippen molar-refractivity contribution in [2.45, 2.75) is 69.0 Å². The molecule has 0 aromatic heterocycles. The number of nitrogens with one attached hydrogen (secondary N) is 2. The first-order valence-corrected chi connectivity index (χ1v) is 17.8. The van der Waals surface area contributed by atoms with Crippen molar-refractivity contribution < 1.29 is 28.7 Å². The van der Waals surface area contributed by atoms with Crippen LogP contribution < -0.4 is 9.70 Å². The molecular formula is C31H39ClN3O6SSi. The third-order valence-electron chi connectivity index (χ3n) is 7.73. The summed E-state index contributed by atoms with van der Waals surface area (Å²) < 4.78 is 13.8. The molecule has 4 rings (SSSR count). The summed E-state index contributed by atoms with van der Waals surface area (Å²) in [5, 5.41) is -0.0285. The van der Waals surface area contributed by atoms with Gasteiger partial charge in [-0.05, 0) is 53.6 Å². The van der Waals surface area contributed by atoms with Crippen molar-refractivity contribution in [3.63, 3.8) is 0 Å². The smallest absolute Gasteiger partial charge is 0.417 e. The van der Waals surface area contributed by atoms with Gasteiger partial charge in [0, 0.05) is 18.0 Å². The highest BCUT2D eigenvalue weighted by Gasteiger charge is 2.30. The number of morpholine rings is 1. The summed E-state index contributed by atoms with van der Waals surface area (Å²) in [7, 11) is -1.98. The van der Waals surface area contributed by atoms with Crippen molar-refractivity contribution in [3.8, 4) is 0 Å². The van der Waals surface area contributed by atoms with Crippen molar-refractivity contribution in [1.82, 2.24) is 14.6 Å². The second-order valence-electron chi connectivity index (χ2n) is 10.9. The van der Waals surface area contributed by atoms with Gasteiger partial charge in [0.1, 0.15) is 23.9 Å². The van der Waals surface area contributed by atoms with E-state index >= 15 is 0 Å². The van der Waals surface area contributed by atoms with Gasteiger partial charge < -0.3 is 24.2 Å². The maximum atomic E-state index is 13.4. The minimum atomic E-state index is -1.98. The molecule has 12 heteroatoms. The molecule has 43 heavy (non-hydrogen) atoms. The second kappa shape index (κ2) is 17.4. The zero-order chi connectivity index (χ0) is 30.4. The van der Waals surface area contributed by atoms with Crippen LogP contribution in [0.1, 0.15) is 62.2 Å². The predicted octanol–water partition coefficient (Wildman–Crippen LogP) is 5.42. The van der Waals surface area contributed by atoms with Gasteiger partial charge in [-0.2, -0.15) is 0 Å². The lowest BCUT2D eigenvalue weighted by molar-refractivity contribution is -0.138. The molecule has 9 nitrogen and oxygen atoms in total. The van der Waals surface area contributed by atoms with Gasteiger partial charge in [0.05, 0.1) is 13.2 Å². The summed E-state index contributed by atoms with van der Waals surface area (Å²) >= 11 is 7.01. The Bertz CT molecular complexity index is 1220. The molecule has 2 aromatic rings. The van der Waals surface area contributed by atoms with Crippen LogP contribution in [0.2, 0.25) is 11.1 Å². The Morgan fingerprint density at radius 2 is 1.91 bits per heavy atom. The van der Waals surface area contributed by atoms with E-state index in [2.05, 4.69) is 9.70 Å². The lowest BCUT2D eigenvalue weighted by Crippen LogP contribution is -2.47. The number of hydrogen-bond donors (Lipinski definition) is 2. The van der Waals surface area contributed by atoms with E-state index in [-0.39, 0.29) is 30.9 Å². The normalized spacial score (nSPS) is 18.1. The Morgan fingerprint density at radius 3 is 2.65 bits per heavy atom. The quantitative estimate of drug-likeness (QED) is 0.170. The number of amides is 3. The Balaban J connectivity index is 1.27. The molecule has 1 radical (unpaired) electrons. The van der Waals surface area contributed by atoms with E-state index in [4.69, 9.17) is 21.1 Å². The number of halogens is 1. The third-order valence-corrected chi connectivity index (χ3v) is 10.6. The first-order valence-electron chi connectivity index (χ1n) is 14.8. The van der Waals surface area contributed by atoms with Crippen LogP contribution in [0.4, 0.5) is 4.79 Å². The van der Waals surface area contributed by atoms with Crippen LogP contribution in [0.15, 0.2) is 54.6 Å². The number of benzene rings is 2. The molecule has 0 spiro atoms.